The molecule has 0 radical (unpaired) electrons. The van der Waals surface area contributed by atoms with E-state index in [0.29, 0.717) is 0 Å². The van der Waals surface area contributed by atoms with Gasteiger partial charge >= 0.3 is 0 Å². The highest BCUT2D eigenvalue weighted by Gasteiger charge is 2.39. The van der Waals surface area contributed by atoms with Crippen LogP contribution >= 0.6 is 0 Å². The molecule has 0 fully saturated rings. The molecule has 0 atom stereocenters. The van der Waals surface area contributed by atoms with E-state index in [9.17, 15) is 0 Å². The average molecular weight is 633 g/mol. The summed E-state index contributed by atoms with van der Waals surface area (Å²) in [5.74, 6) is 0. The van der Waals surface area contributed by atoms with Crippen molar-refractivity contribution in [3.05, 3.63) is 181 Å². The van der Waals surface area contributed by atoms with Gasteiger partial charge in [0.2, 0.25) is 0 Å². The van der Waals surface area contributed by atoms with Crippen LogP contribution < -0.4 is 4.90 Å². The van der Waals surface area contributed by atoms with Gasteiger partial charge in [-0.3, -0.25) is 0 Å². The van der Waals surface area contributed by atoms with Gasteiger partial charge in [0.25, 0.3) is 0 Å². The van der Waals surface area contributed by atoms with Gasteiger partial charge in [0.05, 0.1) is 22.4 Å². The molecule has 0 N–H and O–H groups in total. The molecule has 0 saturated carbocycles. The molecule has 1 aromatic heterocycles. The van der Waals surface area contributed by atoms with Gasteiger partial charge in [-0.05, 0) is 70.3 Å². The summed E-state index contributed by atoms with van der Waals surface area (Å²) in [6, 6.07) is 61.8. The van der Waals surface area contributed by atoms with E-state index in [1.807, 2.05) is 13.8 Å². The average Bonchev–Trinajstić information content (AvgIpc) is 3.51. The Kier molecular flexibility index (Phi) is 7.65. The lowest BCUT2D eigenvalue weighted by molar-refractivity contribution is 0.636. The van der Waals surface area contributed by atoms with Crippen LogP contribution in [0.4, 0.5) is 17.1 Å². The highest BCUT2D eigenvalue weighted by Crippen LogP contribution is 2.55. The molecule has 1 aliphatic rings. The first-order chi connectivity index (χ1) is 24.1. The number of aromatic nitrogens is 1. The van der Waals surface area contributed by atoms with Gasteiger partial charge in [0.1, 0.15) is 0 Å². The Bertz CT molecular complexity index is 2420. The van der Waals surface area contributed by atoms with Crippen LogP contribution in [0.1, 0.15) is 38.8 Å². The minimum Gasteiger partial charge on any atom is -0.310 e. The molecule has 0 spiro atoms. The van der Waals surface area contributed by atoms with E-state index in [1.165, 1.54) is 72.2 Å². The van der Waals surface area contributed by atoms with Crippen molar-refractivity contribution in [2.45, 2.75) is 33.1 Å². The van der Waals surface area contributed by atoms with Crippen LogP contribution in [0.2, 0.25) is 0 Å². The Hall–Kier alpha value is -5.86. The topological polar surface area (TPSA) is 8.17 Å². The molecule has 0 bridgehead atoms. The molecule has 0 aliphatic carbocycles. The number of benzene rings is 7. The summed E-state index contributed by atoms with van der Waals surface area (Å²) in [6.07, 6.45) is 0. The maximum atomic E-state index is 2.50. The van der Waals surface area contributed by atoms with Gasteiger partial charge in [0.15, 0.2) is 0 Å². The monoisotopic (exact) mass is 632 g/mol. The van der Waals surface area contributed by atoms with Crippen molar-refractivity contribution in [2.75, 3.05) is 4.90 Å². The van der Waals surface area contributed by atoms with Crippen LogP contribution in [0.15, 0.2) is 170 Å². The van der Waals surface area contributed by atoms with Crippen LogP contribution in [-0.4, -0.2) is 4.57 Å². The van der Waals surface area contributed by atoms with E-state index in [2.05, 4.69) is 193 Å². The van der Waals surface area contributed by atoms with Crippen molar-refractivity contribution in [1.82, 2.24) is 4.57 Å². The van der Waals surface area contributed by atoms with Crippen molar-refractivity contribution in [3.63, 3.8) is 0 Å². The molecule has 238 valence electrons. The van der Waals surface area contributed by atoms with Gasteiger partial charge in [-0.2, -0.15) is 0 Å². The second-order valence-corrected chi connectivity index (χ2v) is 13.0. The van der Waals surface area contributed by atoms with Crippen molar-refractivity contribution in [1.29, 1.82) is 0 Å². The van der Waals surface area contributed by atoms with Crippen LogP contribution in [0.5, 0.6) is 0 Å². The Morgan fingerprint density at radius 3 is 1.76 bits per heavy atom. The second-order valence-electron chi connectivity index (χ2n) is 13.0. The van der Waals surface area contributed by atoms with Gasteiger partial charge in [-0.15, -0.1) is 0 Å². The molecule has 0 saturated heterocycles. The predicted octanol–water partition coefficient (Wildman–Crippen LogP) is 13.3. The van der Waals surface area contributed by atoms with E-state index in [1.54, 1.807) is 0 Å². The van der Waals surface area contributed by atoms with Gasteiger partial charge < -0.3 is 9.47 Å². The van der Waals surface area contributed by atoms with Crippen LogP contribution in [0.25, 0.3) is 49.7 Å². The molecular weight excluding hydrogens is 593 g/mol. The van der Waals surface area contributed by atoms with Gasteiger partial charge in [-0.25, -0.2) is 0 Å². The third kappa shape index (κ3) is 4.95. The summed E-state index contributed by atoms with van der Waals surface area (Å²) in [6.45, 7) is 8.78. The van der Waals surface area contributed by atoms with E-state index in [-0.39, 0.29) is 5.41 Å². The number of para-hydroxylation sites is 2. The number of fused-ring (bicyclic) bond motifs is 6. The molecule has 7 aromatic carbocycles. The quantitative estimate of drug-likeness (QED) is 0.187. The third-order valence-electron chi connectivity index (χ3n) is 9.94. The summed E-state index contributed by atoms with van der Waals surface area (Å²) in [4.78, 5) is 2.46. The summed E-state index contributed by atoms with van der Waals surface area (Å²) in [5.41, 5.74) is 14.5. The van der Waals surface area contributed by atoms with Crippen molar-refractivity contribution < 1.29 is 0 Å². The first-order valence-electron chi connectivity index (χ1n) is 17.4. The normalized spacial score (nSPS) is 13.0. The van der Waals surface area contributed by atoms with E-state index < -0.39 is 0 Å². The smallest absolute Gasteiger partial charge is 0.0602 e. The standard InChI is InChI=1S/C45H34N2.C2H6/c1-45(2)39-21-10-12-23-41(39)46(35-26-24-33(25-27-35)31-14-5-3-6-15-31)42-29-28-38-37-20-9-11-22-40(37)47(44(38)43(42)45)36-19-13-18-34(30-36)32-16-7-4-8-17-32;1-2/h3-30H,1-2H3;1-2H3. The third-order valence-corrected chi connectivity index (χ3v) is 9.94. The minimum atomic E-state index is -0.255. The lowest BCUT2D eigenvalue weighted by Gasteiger charge is -2.42. The molecule has 0 amide bonds. The Labute approximate surface area is 289 Å². The summed E-state index contributed by atoms with van der Waals surface area (Å²) in [5, 5.41) is 2.54. The lowest BCUT2D eigenvalue weighted by Crippen LogP contribution is -2.31. The zero-order valence-corrected chi connectivity index (χ0v) is 28.6. The SMILES string of the molecule is CC.CC1(C)c2ccccc2N(c2ccc(-c3ccccc3)cc2)c2ccc3c4ccccc4n(-c4cccc(-c5ccccc5)c4)c3c21. The maximum absolute atomic E-state index is 2.50. The Balaban J connectivity index is 0.00000171. The fourth-order valence-electron chi connectivity index (χ4n) is 7.75. The first-order valence-corrected chi connectivity index (χ1v) is 17.4. The first kappa shape index (κ1) is 30.5. The number of anilines is 3. The van der Waals surface area contributed by atoms with Crippen LogP contribution in [0.3, 0.4) is 0 Å². The zero-order valence-electron chi connectivity index (χ0n) is 28.6. The summed E-state index contributed by atoms with van der Waals surface area (Å²) in [7, 11) is 0. The highest BCUT2D eigenvalue weighted by molar-refractivity contribution is 6.13. The Morgan fingerprint density at radius 1 is 0.429 bits per heavy atom. The fraction of sp³-hybridized carbons (Fsp3) is 0.106. The van der Waals surface area contributed by atoms with Crippen molar-refractivity contribution >= 4 is 38.9 Å². The van der Waals surface area contributed by atoms with E-state index >= 15 is 0 Å². The van der Waals surface area contributed by atoms with E-state index in [0.717, 1.165) is 5.69 Å². The summed E-state index contributed by atoms with van der Waals surface area (Å²) < 4.78 is 2.50. The lowest BCUT2D eigenvalue weighted by atomic mass is 9.72. The highest BCUT2D eigenvalue weighted by atomic mass is 15.2. The van der Waals surface area contributed by atoms with Gasteiger partial charge in [-0.1, -0.05) is 155 Å². The second kappa shape index (κ2) is 12.3. The van der Waals surface area contributed by atoms with Crippen LogP contribution in [-0.2, 0) is 5.41 Å². The number of nitrogens with zero attached hydrogens (tertiary/aromatic N) is 2. The largest absolute Gasteiger partial charge is 0.310 e. The molecule has 2 heteroatoms. The predicted molar refractivity (Wildman–Crippen MR) is 210 cm³/mol. The Morgan fingerprint density at radius 2 is 1.02 bits per heavy atom. The minimum absolute atomic E-state index is 0.255. The summed E-state index contributed by atoms with van der Waals surface area (Å²) >= 11 is 0. The molecule has 2 nitrogen and oxygen atoms in total. The van der Waals surface area contributed by atoms with E-state index in [4.69, 9.17) is 0 Å². The van der Waals surface area contributed by atoms with Crippen molar-refractivity contribution in [3.8, 4) is 27.9 Å². The molecule has 1 aliphatic heterocycles. The van der Waals surface area contributed by atoms with Gasteiger partial charge in [0, 0.05) is 33.1 Å². The molecule has 2 heterocycles. The molecule has 9 rings (SSSR count). The molecule has 49 heavy (non-hydrogen) atoms. The number of rotatable bonds is 4. The fourth-order valence-corrected chi connectivity index (χ4v) is 7.75. The number of hydrogen-bond acceptors (Lipinski definition) is 1. The van der Waals surface area contributed by atoms with Crippen LogP contribution in [0, 0.1) is 0 Å². The number of hydrogen-bond donors (Lipinski definition) is 0. The van der Waals surface area contributed by atoms with Crippen molar-refractivity contribution in [2.24, 2.45) is 0 Å². The molecular formula is C47H40N2. The molecule has 8 aromatic rings. The molecule has 0 unspecified atom stereocenters. The maximum Gasteiger partial charge on any atom is 0.0602 e. The zero-order chi connectivity index (χ0) is 33.5.